The average Bonchev–Trinajstić information content (AvgIpc) is 2.41. The first-order valence-corrected chi connectivity index (χ1v) is 6.45. The third-order valence-corrected chi connectivity index (χ3v) is 2.94. The first-order valence-electron chi connectivity index (χ1n) is 6.45. The minimum absolute atomic E-state index is 0.250. The minimum Gasteiger partial charge on any atom is -0.481 e. The number of rotatable bonds is 6. The average molecular weight is 271 g/mol. The molecule has 0 amide bonds. The van der Waals surface area contributed by atoms with Gasteiger partial charge in [-0.3, -0.25) is 4.79 Å². The van der Waals surface area contributed by atoms with Gasteiger partial charge in [0.1, 0.15) is 0 Å². The Labute approximate surface area is 117 Å². The molecule has 0 aliphatic heterocycles. The van der Waals surface area contributed by atoms with Crippen LogP contribution in [0.1, 0.15) is 12.0 Å². The van der Waals surface area contributed by atoms with E-state index >= 15 is 0 Å². The molecule has 20 heavy (non-hydrogen) atoms. The van der Waals surface area contributed by atoms with Crippen molar-refractivity contribution in [2.24, 2.45) is 0 Å². The van der Waals surface area contributed by atoms with Gasteiger partial charge in [0.2, 0.25) is 0 Å². The lowest BCUT2D eigenvalue weighted by atomic mass is 10.0. The first-order chi connectivity index (χ1) is 9.65. The highest BCUT2D eigenvalue weighted by molar-refractivity contribution is 5.68. The van der Waals surface area contributed by atoms with Gasteiger partial charge in [0.25, 0.3) is 0 Å². The van der Waals surface area contributed by atoms with Crippen molar-refractivity contribution in [3.8, 4) is 0 Å². The van der Waals surface area contributed by atoms with Gasteiger partial charge in [0, 0.05) is 17.8 Å². The van der Waals surface area contributed by atoms with E-state index < -0.39 is 12.1 Å². The van der Waals surface area contributed by atoms with Crippen LogP contribution in [0.15, 0.2) is 54.6 Å². The van der Waals surface area contributed by atoms with E-state index in [0.717, 1.165) is 16.9 Å². The topological polar surface area (TPSA) is 69.6 Å². The van der Waals surface area contributed by atoms with Crippen LogP contribution in [-0.2, 0) is 11.2 Å². The van der Waals surface area contributed by atoms with Crippen LogP contribution in [-0.4, -0.2) is 22.3 Å². The van der Waals surface area contributed by atoms with Crippen LogP contribution in [0.3, 0.4) is 0 Å². The van der Waals surface area contributed by atoms with Gasteiger partial charge in [-0.05, 0) is 23.8 Å². The molecule has 2 aromatic carbocycles. The van der Waals surface area contributed by atoms with E-state index in [1.165, 1.54) is 0 Å². The highest BCUT2D eigenvalue weighted by Gasteiger charge is 2.12. The number of para-hydroxylation sites is 2. The standard InChI is InChI=1S/C16H17NO3/c18-14(11-16(19)20)10-12-6-4-5-9-15(12)17-13-7-2-1-3-8-13/h1-9,14,17-18H,10-11H2,(H,19,20). The molecule has 0 saturated heterocycles. The summed E-state index contributed by atoms with van der Waals surface area (Å²) >= 11 is 0. The summed E-state index contributed by atoms with van der Waals surface area (Å²) in [7, 11) is 0. The smallest absolute Gasteiger partial charge is 0.305 e. The first kappa shape index (κ1) is 14.1. The number of benzene rings is 2. The summed E-state index contributed by atoms with van der Waals surface area (Å²) in [5, 5.41) is 21.7. The number of aliphatic hydroxyl groups excluding tert-OH is 1. The summed E-state index contributed by atoms with van der Waals surface area (Å²) in [6, 6.07) is 17.3. The molecule has 4 heteroatoms. The van der Waals surface area contributed by atoms with Crippen LogP contribution >= 0.6 is 0 Å². The number of nitrogens with one attached hydrogen (secondary N) is 1. The molecule has 0 bridgehead atoms. The minimum atomic E-state index is -0.994. The van der Waals surface area contributed by atoms with E-state index in [1.54, 1.807) is 0 Å². The van der Waals surface area contributed by atoms with Crippen molar-refractivity contribution in [3.05, 3.63) is 60.2 Å². The number of carboxylic acid groups (broad SMARTS) is 1. The lowest BCUT2D eigenvalue weighted by Gasteiger charge is -2.14. The second-order valence-electron chi connectivity index (χ2n) is 4.60. The molecule has 0 aromatic heterocycles. The molecule has 0 spiro atoms. The largest absolute Gasteiger partial charge is 0.481 e. The summed E-state index contributed by atoms with van der Waals surface area (Å²) < 4.78 is 0. The van der Waals surface area contributed by atoms with Gasteiger partial charge in [0.05, 0.1) is 12.5 Å². The number of aliphatic hydroxyl groups is 1. The molecule has 0 aliphatic rings. The molecule has 2 aromatic rings. The molecule has 0 radical (unpaired) electrons. The molecule has 1 atom stereocenters. The Kier molecular flexibility index (Phi) is 4.74. The second-order valence-corrected chi connectivity index (χ2v) is 4.60. The van der Waals surface area contributed by atoms with Crippen LogP contribution in [0.25, 0.3) is 0 Å². The molecule has 4 nitrogen and oxygen atoms in total. The van der Waals surface area contributed by atoms with E-state index in [1.807, 2.05) is 54.6 Å². The normalized spacial score (nSPS) is 11.8. The maximum absolute atomic E-state index is 10.6. The van der Waals surface area contributed by atoms with Crippen LogP contribution in [0, 0.1) is 0 Å². The molecule has 1 unspecified atom stereocenters. The number of hydrogen-bond donors (Lipinski definition) is 3. The zero-order valence-electron chi connectivity index (χ0n) is 11.0. The Morgan fingerprint density at radius 3 is 2.40 bits per heavy atom. The highest BCUT2D eigenvalue weighted by Crippen LogP contribution is 2.22. The van der Waals surface area contributed by atoms with Crippen LogP contribution < -0.4 is 5.32 Å². The Hall–Kier alpha value is -2.33. The number of anilines is 2. The van der Waals surface area contributed by atoms with E-state index in [2.05, 4.69) is 5.32 Å². The van der Waals surface area contributed by atoms with Crippen LogP contribution in [0.5, 0.6) is 0 Å². The molecule has 3 N–H and O–H groups in total. The quantitative estimate of drug-likeness (QED) is 0.755. The summed E-state index contributed by atoms with van der Waals surface area (Å²) in [5.74, 6) is -0.994. The van der Waals surface area contributed by atoms with E-state index in [9.17, 15) is 9.90 Å². The van der Waals surface area contributed by atoms with Crippen molar-refractivity contribution in [2.75, 3.05) is 5.32 Å². The van der Waals surface area contributed by atoms with Crippen molar-refractivity contribution < 1.29 is 15.0 Å². The maximum atomic E-state index is 10.6. The summed E-state index contributed by atoms with van der Waals surface area (Å²) in [5.41, 5.74) is 2.72. The number of aliphatic carboxylic acids is 1. The SMILES string of the molecule is O=C(O)CC(O)Cc1ccccc1Nc1ccccc1. The van der Waals surface area contributed by atoms with Crippen molar-refractivity contribution in [2.45, 2.75) is 18.9 Å². The molecule has 2 rings (SSSR count). The Morgan fingerprint density at radius 1 is 1.05 bits per heavy atom. The summed E-state index contributed by atoms with van der Waals surface area (Å²) in [6.45, 7) is 0. The lowest BCUT2D eigenvalue weighted by molar-refractivity contribution is -0.139. The van der Waals surface area contributed by atoms with Gasteiger partial charge in [-0.2, -0.15) is 0 Å². The number of carbonyl (C=O) groups is 1. The fourth-order valence-electron chi connectivity index (χ4n) is 2.02. The third kappa shape index (κ3) is 4.10. The van der Waals surface area contributed by atoms with Crippen molar-refractivity contribution in [3.63, 3.8) is 0 Å². The van der Waals surface area contributed by atoms with E-state index in [0.29, 0.717) is 6.42 Å². The van der Waals surface area contributed by atoms with Gasteiger partial charge >= 0.3 is 5.97 Å². The fraction of sp³-hybridized carbons (Fsp3) is 0.188. The Morgan fingerprint density at radius 2 is 1.70 bits per heavy atom. The predicted octanol–water partition coefficient (Wildman–Crippen LogP) is 2.81. The zero-order chi connectivity index (χ0) is 14.4. The highest BCUT2D eigenvalue weighted by atomic mass is 16.4. The van der Waals surface area contributed by atoms with Crippen molar-refractivity contribution in [1.29, 1.82) is 0 Å². The number of hydrogen-bond acceptors (Lipinski definition) is 3. The monoisotopic (exact) mass is 271 g/mol. The van der Waals surface area contributed by atoms with Gasteiger partial charge in [0.15, 0.2) is 0 Å². The Bertz CT molecular complexity index is 569. The molecule has 0 saturated carbocycles. The summed E-state index contributed by atoms with van der Waals surface area (Å²) in [4.78, 5) is 10.6. The molecular weight excluding hydrogens is 254 g/mol. The van der Waals surface area contributed by atoms with Crippen LogP contribution in [0.2, 0.25) is 0 Å². The van der Waals surface area contributed by atoms with E-state index in [-0.39, 0.29) is 6.42 Å². The maximum Gasteiger partial charge on any atom is 0.305 e. The van der Waals surface area contributed by atoms with E-state index in [4.69, 9.17) is 5.11 Å². The molecule has 0 heterocycles. The third-order valence-electron chi connectivity index (χ3n) is 2.94. The van der Waals surface area contributed by atoms with Crippen molar-refractivity contribution >= 4 is 17.3 Å². The van der Waals surface area contributed by atoms with Gasteiger partial charge < -0.3 is 15.5 Å². The predicted molar refractivity (Wildman–Crippen MR) is 78.1 cm³/mol. The van der Waals surface area contributed by atoms with Gasteiger partial charge in [-0.15, -0.1) is 0 Å². The number of carboxylic acids is 1. The van der Waals surface area contributed by atoms with Gasteiger partial charge in [-0.25, -0.2) is 0 Å². The molecular formula is C16H17NO3. The molecule has 104 valence electrons. The fourth-order valence-corrected chi connectivity index (χ4v) is 2.02. The summed E-state index contributed by atoms with van der Waals surface area (Å²) in [6.07, 6.45) is -0.826. The van der Waals surface area contributed by atoms with Crippen molar-refractivity contribution in [1.82, 2.24) is 0 Å². The molecule has 0 fully saturated rings. The Balaban J connectivity index is 2.12. The van der Waals surface area contributed by atoms with Gasteiger partial charge in [-0.1, -0.05) is 36.4 Å². The lowest BCUT2D eigenvalue weighted by Crippen LogP contribution is -2.16. The molecule has 0 aliphatic carbocycles. The van der Waals surface area contributed by atoms with Crippen LogP contribution in [0.4, 0.5) is 11.4 Å². The zero-order valence-corrected chi connectivity index (χ0v) is 11.0. The second kappa shape index (κ2) is 6.73.